The summed E-state index contributed by atoms with van der Waals surface area (Å²) in [5.41, 5.74) is 0.447. The molecule has 0 fully saturated rings. The molecule has 0 aliphatic heterocycles. The van der Waals surface area contributed by atoms with E-state index in [0.717, 1.165) is 6.42 Å². The number of hydrogen-bond acceptors (Lipinski definition) is 2. The summed E-state index contributed by atoms with van der Waals surface area (Å²) in [5.74, 6) is -0.184. The largest absolute Gasteiger partial charge is 0.349 e. The summed E-state index contributed by atoms with van der Waals surface area (Å²) in [7, 11) is 0. The fraction of sp³-hybridized carbons (Fsp3) is 0.273. The summed E-state index contributed by atoms with van der Waals surface area (Å²) < 4.78 is 0. The predicted molar refractivity (Wildman–Crippen MR) is 61.0 cm³/mol. The maximum absolute atomic E-state index is 11.7. The van der Waals surface area contributed by atoms with Crippen molar-refractivity contribution in [3.05, 3.63) is 41.7 Å². The molecule has 1 heterocycles. The van der Waals surface area contributed by atoms with Gasteiger partial charge in [-0.15, -0.1) is 6.58 Å². The molecule has 0 aliphatic rings. The Hall–Kier alpha value is -1.35. The molecular weight excluding hydrogens is 212 g/mol. The standard InChI is InChI=1S/C11H13ClN2O/c1-3-4-8(2)14-11(15)9-5-6-13-7-10(9)12/h3,5-8H,1,4H2,2H3,(H,14,15). The van der Waals surface area contributed by atoms with Gasteiger partial charge in [-0.2, -0.15) is 0 Å². The molecule has 0 aliphatic carbocycles. The van der Waals surface area contributed by atoms with Crippen LogP contribution in [0.2, 0.25) is 5.02 Å². The van der Waals surface area contributed by atoms with Crippen molar-refractivity contribution in [3.8, 4) is 0 Å². The summed E-state index contributed by atoms with van der Waals surface area (Å²) in [6, 6.07) is 1.65. The topological polar surface area (TPSA) is 42.0 Å². The fourth-order valence-corrected chi connectivity index (χ4v) is 1.37. The van der Waals surface area contributed by atoms with Gasteiger partial charge >= 0.3 is 0 Å². The number of nitrogens with one attached hydrogen (secondary N) is 1. The van der Waals surface area contributed by atoms with E-state index in [-0.39, 0.29) is 11.9 Å². The Kier molecular flexibility index (Phi) is 4.31. The van der Waals surface area contributed by atoms with E-state index in [4.69, 9.17) is 11.6 Å². The lowest BCUT2D eigenvalue weighted by molar-refractivity contribution is 0.0940. The van der Waals surface area contributed by atoms with Crippen molar-refractivity contribution in [2.75, 3.05) is 0 Å². The van der Waals surface area contributed by atoms with Crippen molar-refractivity contribution in [3.63, 3.8) is 0 Å². The molecule has 80 valence electrons. The van der Waals surface area contributed by atoms with Crippen LogP contribution < -0.4 is 5.32 Å². The molecule has 1 atom stereocenters. The highest BCUT2D eigenvalue weighted by Crippen LogP contribution is 2.13. The van der Waals surface area contributed by atoms with Crippen LogP contribution in [0.3, 0.4) is 0 Å². The molecule has 1 N–H and O–H groups in total. The monoisotopic (exact) mass is 224 g/mol. The summed E-state index contributed by atoms with van der Waals surface area (Å²) in [4.78, 5) is 15.5. The van der Waals surface area contributed by atoms with E-state index in [1.807, 2.05) is 6.92 Å². The van der Waals surface area contributed by atoms with Crippen LogP contribution in [-0.2, 0) is 0 Å². The molecule has 0 bridgehead atoms. The average Bonchev–Trinajstić information content (AvgIpc) is 2.18. The number of pyridine rings is 1. The average molecular weight is 225 g/mol. The zero-order valence-electron chi connectivity index (χ0n) is 8.53. The smallest absolute Gasteiger partial charge is 0.253 e. The second kappa shape index (κ2) is 5.51. The Labute approximate surface area is 94.2 Å². The van der Waals surface area contributed by atoms with Gasteiger partial charge in [-0.05, 0) is 19.4 Å². The summed E-state index contributed by atoms with van der Waals surface area (Å²) in [6.45, 7) is 5.52. The molecule has 1 rings (SSSR count). The van der Waals surface area contributed by atoms with Crippen LogP contribution in [0.15, 0.2) is 31.1 Å². The minimum Gasteiger partial charge on any atom is -0.349 e. The van der Waals surface area contributed by atoms with Gasteiger partial charge in [0.25, 0.3) is 5.91 Å². The summed E-state index contributed by atoms with van der Waals surface area (Å²) in [5, 5.41) is 3.18. The van der Waals surface area contributed by atoms with E-state index in [9.17, 15) is 4.79 Å². The molecule has 0 spiro atoms. The maximum atomic E-state index is 11.7. The second-order valence-corrected chi connectivity index (χ2v) is 3.66. The lowest BCUT2D eigenvalue weighted by atomic mass is 10.2. The van der Waals surface area contributed by atoms with Crippen LogP contribution in [0.4, 0.5) is 0 Å². The lowest BCUT2D eigenvalue weighted by Crippen LogP contribution is -2.32. The predicted octanol–water partition coefficient (Wildman–Crippen LogP) is 2.43. The molecule has 15 heavy (non-hydrogen) atoms. The number of carbonyl (C=O) groups is 1. The molecule has 1 amide bonds. The first-order chi connectivity index (χ1) is 7.15. The molecule has 0 radical (unpaired) electrons. The zero-order chi connectivity index (χ0) is 11.3. The third-order valence-electron chi connectivity index (χ3n) is 1.91. The Morgan fingerprint density at radius 3 is 3.13 bits per heavy atom. The van der Waals surface area contributed by atoms with Crippen molar-refractivity contribution in [1.82, 2.24) is 10.3 Å². The van der Waals surface area contributed by atoms with Gasteiger partial charge in [0.2, 0.25) is 0 Å². The van der Waals surface area contributed by atoms with Crippen LogP contribution in [0, 0.1) is 0 Å². The minimum atomic E-state index is -0.184. The number of halogens is 1. The number of rotatable bonds is 4. The number of nitrogens with zero attached hydrogens (tertiary/aromatic N) is 1. The molecule has 0 saturated carbocycles. The highest BCUT2D eigenvalue weighted by atomic mass is 35.5. The summed E-state index contributed by atoms with van der Waals surface area (Å²) >= 11 is 5.84. The first kappa shape index (κ1) is 11.7. The van der Waals surface area contributed by atoms with E-state index in [1.54, 1.807) is 18.3 Å². The van der Waals surface area contributed by atoms with E-state index < -0.39 is 0 Å². The first-order valence-corrected chi connectivity index (χ1v) is 5.04. The Balaban J connectivity index is 2.69. The molecule has 1 aromatic rings. The Bertz CT molecular complexity index is 365. The van der Waals surface area contributed by atoms with Gasteiger partial charge in [0.1, 0.15) is 0 Å². The molecule has 1 unspecified atom stereocenters. The van der Waals surface area contributed by atoms with Crippen molar-refractivity contribution < 1.29 is 4.79 Å². The first-order valence-electron chi connectivity index (χ1n) is 4.66. The van der Waals surface area contributed by atoms with Crippen LogP contribution in [-0.4, -0.2) is 16.9 Å². The molecule has 4 heteroatoms. The van der Waals surface area contributed by atoms with Gasteiger partial charge in [-0.1, -0.05) is 17.7 Å². The third kappa shape index (κ3) is 3.36. The lowest BCUT2D eigenvalue weighted by Gasteiger charge is -2.11. The number of carbonyl (C=O) groups excluding carboxylic acids is 1. The van der Waals surface area contributed by atoms with E-state index in [2.05, 4.69) is 16.9 Å². The molecule has 0 saturated heterocycles. The normalized spacial score (nSPS) is 11.9. The van der Waals surface area contributed by atoms with Gasteiger partial charge in [0.05, 0.1) is 10.6 Å². The summed E-state index contributed by atoms with van der Waals surface area (Å²) in [6.07, 6.45) is 5.49. The Morgan fingerprint density at radius 1 is 1.80 bits per heavy atom. The number of amides is 1. The van der Waals surface area contributed by atoms with E-state index in [0.29, 0.717) is 10.6 Å². The van der Waals surface area contributed by atoms with Crippen LogP contribution in [0.5, 0.6) is 0 Å². The highest BCUT2D eigenvalue weighted by Gasteiger charge is 2.11. The van der Waals surface area contributed by atoms with Crippen LogP contribution in [0.1, 0.15) is 23.7 Å². The highest BCUT2D eigenvalue weighted by molar-refractivity contribution is 6.33. The quantitative estimate of drug-likeness (QED) is 0.799. The molecule has 1 aromatic heterocycles. The second-order valence-electron chi connectivity index (χ2n) is 3.25. The van der Waals surface area contributed by atoms with Crippen LogP contribution in [0.25, 0.3) is 0 Å². The van der Waals surface area contributed by atoms with Gasteiger partial charge in [-0.25, -0.2) is 0 Å². The Morgan fingerprint density at radius 2 is 2.53 bits per heavy atom. The number of hydrogen-bond donors (Lipinski definition) is 1. The van der Waals surface area contributed by atoms with Crippen molar-refractivity contribution in [1.29, 1.82) is 0 Å². The third-order valence-corrected chi connectivity index (χ3v) is 2.22. The van der Waals surface area contributed by atoms with Gasteiger partial charge in [-0.3, -0.25) is 9.78 Å². The molecule has 3 nitrogen and oxygen atoms in total. The van der Waals surface area contributed by atoms with Gasteiger partial charge in [0.15, 0.2) is 0 Å². The minimum absolute atomic E-state index is 0.0548. The van der Waals surface area contributed by atoms with Gasteiger partial charge < -0.3 is 5.32 Å². The van der Waals surface area contributed by atoms with Crippen molar-refractivity contribution in [2.45, 2.75) is 19.4 Å². The van der Waals surface area contributed by atoms with Crippen molar-refractivity contribution in [2.24, 2.45) is 0 Å². The van der Waals surface area contributed by atoms with E-state index in [1.165, 1.54) is 6.20 Å². The molecule has 0 aromatic carbocycles. The number of aromatic nitrogens is 1. The SMILES string of the molecule is C=CCC(C)NC(=O)c1ccncc1Cl. The molecular formula is C11H13ClN2O. The van der Waals surface area contributed by atoms with Crippen molar-refractivity contribution >= 4 is 17.5 Å². The maximum Gasteiger partial charge on any atom is 0.253 e. The van der Waals surface area contributed by atoms with E-state index >= 15 is 0 Å². The van der Waals surface area contributed by atoms with Gasteiger partial charge in [0, 0.05) is 18.4 Å². The fourth-order valence-electron chi connectivity index (χ4n) is 1.17. The van der Waals surface area contributed by atoms with Crippen LogP contribution >= 0.6 is 11.6 Å². The zero-order valence-corrected chi connectivity index (χ0v) is 9.29.